The molecule has 2 rings (SSSR count). The number of amides is 1. The average molecular weight is 336 g/mol. The number of ether oxygens (including phenoxy) is 2. The highest BCUT2D eigenvalue weighted by molar-refractivity contribution is 6.31. The van der Waals surface area contributed by atoms with Gasteiger partial charge in [0.15, 0.2) is 0 Å². The van der Waals surface area contributed by atoms with Gasteiger partial charge in [0.2, 0.25) is 0 Å². The van der Waals surface area contributed by atoms with E-state index in [1.807, 2.05) is 0 Å². The maximum absolute atomic E-state index is 12.3. The van der Waals surface area contributed by atoms with Crippen LogP contribution in [0.1, 0.15) is 20.7 Å². The van der Waals surface area contributed by atoms with Crippen LogP contribution >= 0.6 is 11.6 Å². The molecule has 2 aromatic rings. The number of hydrogen-bond donors (Lipinski definition) is 2. The number of phenols is 1. The van der Waals surface area contributed by atoms with Crippen molar-refractivity contribution in [1.82, 2.24) is 0 Å². The first-order valence-corrected chi connectivity index (χ1v) is 6.90. The highest BCUT2D eigenvalue weighted by Gasteiger charge is 2.16. The monoisotopic (exact) mass is 335 g/mol. The summed E-state index contributed by atoms with van der Waals surface area (Å²) >= 11 is 5.89. The second-order valence-electron chi connectivity index (χ2n) is 4.52. The van der Waals surface area contributed by atoms with Crippen molar-refractivity contribution in [2.75, 3.05) is 19.5 Å². The Morgan fingerprint density at radius 2 is 1.87 bits per heavy atom. The maximum Gasteiger partial charge on any atom is 0.337 e. The van der Waals surface area contributed by atoms with E-state index in [4.69, 9.17) is 16.3 Å². The standard InChI is InChI=1S/C16H14ClNO5/c1-22-14-6-4-10(17)8-11(14)15(20)18-12-5-3-9(7-13(12)19)16(21)23-2/h3-8,19H,1-2H3,(H,18,20). The average Bonchev–Trinajstić information content (AvgIpc) is 2.55. The number of nitrogens with one attached hydrogen (secondary N) is 1. The first kappa shape index (κ1) is 16.6. The number of carbonyl (C=O) groups is 2. The molecule has 0 aliphatic carbocycles. The highest BCUT2D eigenvalue weighted by Crippen LogP contribution is 2.28. The van der Waals surface area contributed by atoms with E-state index in [-0.39, 0.29) is 22.6 Å². The van der Waals surface area contributed by atoms with Crippen LogP contribution in [0.3, 0.4) is 0 Å². The maximum atomic E-state index is 12.3. The molecule has 6 nitrogen and oxygen atoms in total. The van der Waals surface area contributed by atoms with E-state index in [2.05, 4.69) is 10.1 Å². The Labute approximate surface area is 137 Å². The Morgan fingerprint density at radius 1 is 1.13 bits per heavy atom. The molecule has 0 aliphatic rings. The Balaban J connectivity index is 2.27. The van der Waals surface area contributed by atoms with Gasteiger partial charge in [-0.3, -0.25) is 4.79 Å². The van der Waals surface area contributed by atoms with Gasteiger partial charge in [0.05, 0.1) is 31.0 Å². The number of methoxy groups -OCH3 is 2. The molecular weight excluding hydrogens is 322 g/mol. The number of esters is 1. The van der Waals surface area contributed by atoms with Gasteiger partial charge >= 0.3 is 5.97 Å². The molecule has 0 aromatic heterocycles. The number of carbonyl (C=O) groups excluding carboxylic acids is 2. The second-order valence-corrected chi connectivity index (χ2v) is 4.96. The van der Waals surface area contributed by atoms with Gasteiger partial charge in [-0.25, -0.2) is 4.79 Å². The van der Waals surface area contributed by atoms with E-state index in [1.165, 1.54) is 38.5 Å². The fourth-order valence-corrected chi connectivity index (χ4v) is 2.10. The molecule has 0 aliphatic heterocycles. The Bertz CT molecular complexity index is 760. The molecule has 2 aromatic carbocycles. The predicted octanol–water partition coefficient (Wildman–Crippen LogP) is 3.09. The van der Waals surface area contributed by atoms with Crippen LogP contribution in [0, 0.1) is 0 Å². The van der Waals surface area contributed by atoms with Crippen LogP contribution in [-0.2, 0) is 4.74 Å². The van der Waals surface area contributed by atoms with Crippen molar-refractivity contribution in [2.24, 2.45) is 0 Å². The lowest BCUT2D eigenvalue weighted by Gasteiger charge is -2.11. The van der Waals surface area contributed by atoms with Crippen molar-refractivity contribution in [3.63, 3.8) is 0 Å². The lowest BCUT2D eigenvalue weighted by Crippen LogP contribution is -2.13. The summed E-state index contributed by atoms with van der Waals surface area (Å²) in [7, 11) is 2.67. The van der Waals surface area contributed by atoms with Gasteiger partial charge in [-0.05, 0) is 36.4 Å². The smallest absolute Gasteiger partial charge is 0.337 e. The zero-order valence-electron chi connectivity index (χ0n) is 12.4. The summed E-state index contributed by atoms with van der Waals surface area (Å²) in [6.45, 7) is 0. The molecule has 120 valence electrons. The van der Waals surface area contributed by atoms with Crippen molar-refractivity contribution >= 4 is 29.2 Å². The van der Waals surface area contributed by atoms with E-state index in [0.717, 1.165) is 0 Å². The third-order valence-corrected chi connectivity index (χ3v) is 3.31. The summed E-state index contributed by atoms with van der Waals surface area (Å²) in [4.78, 5) is 23.7. The van der Waals surface area contributed by atoms with Crippen molar-refractivity contribution < 1.29 is 24.2 Å². The van der Waals surface area contributed by atoms with E-state index in [0.29, 0.717) is 10.8 Å². The SMILES string of the molecule is COC(=O)c1ccc(NC(=O)c2cc(Cl)ccc2OC)c(O)c1. The highest BCUT2D eigenvalue weighted by atomic mass is 35.5. The molecule has 7 heteroatoms. The number of phenolic OH excluding ortho intramolecular Hbond substituents is 1. The molecule has 0 saturated carbocycles. The van der Waals surface area contributed by atoms with Crippen molar-refractivity contribution in [3.05, 3.63) is 52.5 Å². The summed E-state index contributed by atoms with van der Waals surface area (Å²) in [5.41, 5.74) is 0.532. The van der Waals surface area contributed by atoms with Crippen LogP contribution in [0.4, 0.5) is 5.69 Å². The second kappa shape index (κ2) is 7.02. The van der Waals surface area contributed by atoms with Crippen LogP contribution in [-0.4, -0.2) is 31.2 Å². The molecule has 2 N–H and O–H groups in total. The fraction of sp³-hybridized carbons (Fsp3) is 0.125. The summed E-state index contributed by atoms with van der Waals surface area (Å²) in [6.07, 6.45) is 0. The van der Waals surface area contributed by atoms with E-state index in [1.54, 1.807) is 12.1 Å². The molecule has 23 heavy (non-hydrogen) atoms. The molecule has 0 unspecified atom stereocenters. The van der Waals surface area contributed by atoms with Crippen LogP contribution in [0.15, 0.2) is 36.4 Å². The Hall–Kier alpha value is -2.73. The normalized spacial score (nSPS) is 10.0. The van der Waals surface area contributed by atoms with Gasteiger partial charge in [0.1, 0.15) is 11.5 Å². The summed E-state index contributed by atoms with van der Waals surface area (Å²) in [5, 5.41) is 12.8. The predicted molar refractivity (Wildman–Crippen MR) is 85.4 cm³/mol. The number of hydrogen-bond acceptors (Lipinski definition) is 5. The van der Waals surface area contributed by atoms with Gasteiger partial charge in [-0.2, -0.15) is 0 Å². The van der Waals surface area contributed by atoms with Crippen LogP contribution in [0.5, 0.6) is 11.5 Å². The molecular formula is C16H14ClNO5. The summed E-state index contributed by atoms with van der Waals surface area (Å²) < 4.78 is 9.67. The Morgan fingerprint density at radius 3 is 2.48 bits per heavy atom. The minimum Gasteiger partial charge on any atom is -0.506 e. The van der Waals surface area contributed by atoms with E-state index in [9.17, 15) is 14.7 Å². The minimum absolute atomic E-state index is 0.143. The Kier molecular flexibility index (Phi) is 5.08. The number of aromatic hydroxyl groups is 1. The summed E-state index contributed by atoms with van der Waals surface area (Å²) in [6, 6.07) is 8.65. The lowest BCUT2D eigenvalue weighted by atomic mass is 10.1. The lowest BCUT2D eigenvalue weighted by molar-refractivity contribution is 0.0600. The first-order valence-electron chi connectivity index (χ1n) is 6.52. The number of benzene rings is 2. The quantitative estimate of drug-likeness (QED) is 0.662. The molecule has 0 fully saturated rings. The van der Waals surface area contributed by atoms with Crippen molar-refractivity contribution in [2.45, 2.75) is 0 Å². The van der Waals surface area contributed by atoms with Gasteiger partial charge < -0.3 is 19.9 Å². The first-order chi connectivity index (χ1) is 11.0. The molecule has 1 amide bonds. The van der Waals surface area contributed by atoms with Crippen LogP contribution < -0.4 is 10.1 Å². The topological polar surface area (TPSA) is 84.9 Å². The van der Waals surface area contributed by atoms with E-state index < -0.39 is 11.9 Å². The largest absolute Gasteiger partial charge is 0.506 e. The van der Waals surface area contributed by atoms with E-state index >= 15 is 0 Å². The van der Waals surface area contributed by atoms with Crippen molar-refractivity contribution in [3.8, 4) is 11.5 Å². The molecule has 0 saturated heterocycles. The van der Waals surface area contributed by atoms with Crippen molar-refractivity contribution in [1.29, 1.82) is 0 Å². The zero-order chi connectivity index (χ0) is 17.0. The third kappa shape index (κ3) is 3.73. The van der Waals surface area contributed by atoms with Gasteiger partial charge in [0, 0.05) is 5.02 Å². The summed E-state index contributed by atoms with van der Waals surface area (Å²) in [5.74, 6) is -1.01. The molecule has 0 atom stereocenters. The van der Waals surface area contributed by atoms with Gasteiger partial charge in [0.25, 0.3) is 5.91 Å². The van der Waals surface area contributed by atoms with Crippen LogP contribution in [0.2, 0.25) is 5.02 Å². The fourth-order valence-electron chi connectivity index (χ4n) is 1.93. The zero-order valence-corrected chi connectivity index (χ0v) is 13.2. The number of anilines is 1. The number of halogens is 1. The van der Waals surface area contributed by atoms with Gasteiger partial charge in [-0.1, -0.05) is 11.6 Å². The molecule has 0 radical (unpaired) electrons. The number of rotatable bonds is 4. The third-order valence-electron chi connectivity index (χ3n) is 3.07. The minimum atomic E-state index is -0.588. The van der Waals surface area contributed by atoms with Gasteiger partial charge in [-0.15, -0.1) is 0 Å². The molecule has 0 heterocycles. The molecule has 0 spiro atoms. The van der Waals surface area contributed by atoms with Crippen LogP contribution in [0.25, 0.3) is 0 Å². The molecule has 0 bridgehead atoms.